The zero-order valence-corrected chi connectivity index (χ0v) is 11.7. The molecular formula is C13H22N2Se. The van der Waals surface area contributed by atoms with E-state index in [-0.39, 0.29) is 0 Å². The van der Waals surface area contributed by atoms with Crippen molar-refractivity contribution in [3.63, 3.8) is 0 Å². The molecule has 2 nitrogen and oxygen atoms in total. The van der Waals surface area contributed by atoms with Crippen molar-refractivity contribution in [2.75, 3.05) is 13.1 Å². The van der Waals surface area contributed by atoms with E-state index in [1.165, 1.54) is 32.1 Å². The average Bonchev–Trinajstić information content (AvgIpc) is 2.30. The van der Waals surface area contributed by atoms with Crippen LogP contribution in [-0.2, 0) is 0 Å². The van der Waals surface area contributed by atoms with Crippen molar-refractivity contribution in [2.24, 2.45) is 0 Å². The summed E-state index contributed by atoms with van der Waals surface area (Å²) < 4.78 is 1.13. The third-order valence-corrected chi connectivity index (χ3v) is 3.71. The molecule has 1 aliphatic carbocycles. The quantitative estimate of drug-likeness (QED) is 0.567. The first-order valence-electron chi connectivity index (χ1n) is 6.05. The van der Waals surface area contributed by atoms with E-state index >= 15 is 0 Å². The maximum absolute atomic E-state index is 3.78. The van der Waals surface area contributed by atoms with Crippen LogP contribution in [0.5, 0.6) is 0 Å². The van der Waals surface area contributed by atoms with Crippen molar-refractivity contribution >= 4 is 20.2 Å². The summed E-state index contributed by atoms with van der Waals surface area (Å²) in [6, 6.07) is 0.641. The number of nitrogens with zero attached hydrogens (tertiary/aromatic N) is 1. The van der Waals surface area contributed by atoms with Crippen molar-refractivity contribution < 1.29 is 0 Å². The number of hydrogen-bond donors (Lipinski definition) is 1. The molecule has 0 atom stereocenters. The first-order chi connectivity index (χ1) is 7.77. The molecule has 1 aliphatic rings. The summed E-state index contributed by atoms with van der Waals surface area (Å²) in [4.78, 5) is 2.22. The molecular weight excluding hydrogens is 263 g/mol. The molecule has 0 aromatic heterocycles. The predicted octanol–water partition coefficient (Wildman–Crippen LogP) is 1.84. The van der Waals surface area contributed by atoms with Crippen LogP contribution in [0.25, 0.3) is 0 Å². The summed E-state index contributed by atoms with van der Waals surface area (Å²) in [5, 5.41) is 3.58. The fourth-order valence-corrected chi connectivity index (χ4v) is 2.73. The standard InChI is InChI=1S/C13H22N2Se/c1-3-10-15(11-4-2)13(16)14-12-8-6-5-7-9-12/h3-4,12H,1-2,5-11H2,(H,14,16). The second-order valence-corrected chi connectivity index (χ2v) is 5.08. The van der Waals surface area contributed by atoms with Crippen LogP contribution >= 0.6 is 0 Å². The summed E-state index contributed by atoms with van der Waals surface area (Å²) in [5.41, 5.74) is 0. The number of hydrogen-bond acceptors (Lipinski definition) is 2. The molecule has 1 fully saturated rings. The van der Waals surface area contributed by atoms with Gasteiger partial charge in [0.25, 0.3) is 0 Å². The Morgan fingerprint density at radius 2 is 1.75 bits per heavy atom. The van der Waals surface area contributed by atoms with Crippen LogP contribution in [0.4, 0.5) is 0 Å². The van der Waals surface area contributed by atoms with Crippen LogP contribution in [0, 0.1) is 0 Å². The molecule has 16 heavy (non-hydrogen) atoms. The molecule has 0 aliphatic heterocycles. The van der Waals surface area contributed by atoms with E-state index in [0.717, 1.165) is 17.8 Å². The van der Waals surface area contributed by atoms with Crippen molar-refractivity contribution in [1.29, 1.82) is 0 Å². The van der Waals surface area contributed by atoms with Gasteiger partial charge < -0.3 is 0 Å². The molecule has 3 heteroatoms. The van der Waals surface area contributed by atoms with Gasteiger partial charge in [-0.2, -0.15) is 0 Å². The summed E-state index contributed by atoms with van der Waals surface area (Å²) >= 11 is 3.13. The predicted molar refractivity (Wildman–Crippen MR) is 72.7 cm³/mol. The molecule has 0 heterocycles. The topological polar surface area (TPSA) is 15.3 Å². The normalized spacial score (nSPS) is 16.5. The van der Waals surface area contributed by atoms with Gasteiger partial charge in [0.15, 0.2) is 0 Å². The van der Waals surface area contributed by atoms with Gasteiger partial charge in [-0.1, -0.05) is 0 Å². The Morgan fingerprint density at radius 1 is 1.19 bits per heavy atom. The Kier molecular flexibility index (Phi) is 6.51. The van der Waals surface area contributed by atoms with Crippen LogP contribution in [-0.4, -0.2) is 44.3 Å². The Morgan fingerprint density at radius 3 is 2.25 bits per heavy atom. The van der Waals surface area contributed by atoms with Gasteiger partial charge in [0, 0.05) is 0 Å². The molecule has 1 rings (SSSR count). The van der Waals surface area contributed by atoms with Gasteiger partial charge in [-0.3, -0.25) is 0 Å². The zero-order chi connectivity index (χ0) is 11.8. The van der Waals surface area contributed by atoms with Gasteiger partial charge in [-0.05, 0) is 0 Å². The summed E-state index contributed by atoms with van der Waals surface area (Å²) in [6.45, 7) is 9.27. The van der Waals surface area contributed by atoms with Gasteiger partial charge in [0.05, 0.1) is 0 Å². The van der Waals surface area contributed by atoms with Crippen molar-refractivity contribution in [1.82, 2.24) is 10.2 Å². The van der Waals surface area contributed by atoms with E-state index in [2.05, 4.69) is 39.0 Å². The molecule has 0 spiro atoms. The average molecular weight is 285 g/mol. The minimum absolute atomic E-state index is 0.641. The van der Waals surface area contributed by atoms with Crippen molar-refractivity contribution in [2.45, 2.75) is 38.1 Å². The third-order valence-electron chi connectivity index (χ3n) is 2.92. The molecule has 0 aromatic rings. The second kappa shape index (κ2) is 7.70. The molecule has 0 aromatic carbocycles. The van der Waals surface area contributed by atoms with E-state index in [1.807, 2.05) is 12.2 Å². The molecule has 90 valence electrons. The second-order valence-electron chi connectivity index (χ2n) is 4.27. The first-order valence-corrected chi connectivity index (χ1v) is 6.90. The molecule has 1 N–H and O–H groups in total. The number of nitrogens with one attached hydrogen (secondary N) is 1. The molecule has 1 saturated carbocycles. The Balaban J connectivity index is 2.39. The van der Waals surface area contributed by atoms with Gasteiger partial charge in [-0.15, -0.1) is 0 Å². The van der Waals surface area contributed by atoms with Gasteiger partial charge in [0.1, 0.15) is 0 Å². The fourth-order valence-electron chi connectivity index (χ4n) is 2.06. The van der Waals surface area contributed by atoms with E-state index < -0.39 is 0 Å². The molecule has 0 saturated heterocycles. The fraction of sp³-hybridized carbons (Fsp3) is 0.615. The van der Waals surface area contributed by atoms with Crippen LogP contribution in [0.2, 0.25) is 0 Å². The van der Waals surface area contributed by atoms with Gasteiger partial charge in [-0.25, -0.2) is 0 Å². The summed E-state index contributed by atoms with van der Waals surface area (Å²) in [6.07, 6.45) is 10.5. The van der Waals surface area contributed by atoms with Crippen molar-refractivity contribution in [3.8, 4) is 0 Å². The van der Waals surface area contributed by atoms with E-state index in [9.17, 15) is 0 Å². The number of rotatable bonds is 7. The first kappa shape index (κ1) is 13.5. The minimum atomic E-state index is 0.641. The molecule has 0 radical (unpaired) electrons. The van der Waals surface area contributed by atoms with E-state index in [1.54, 1.807) is 0 Å². The van der Waals surface area contributed by atoms with E-state index in [4.69, 9.17) is 0 Å². The van der Waals surface area contributed by atoms with Crippen LogP contribution < -0.4 is 5.32 Å². The molecule has 0 amide bonds. The summed E-state index contributed by atoms with van der Waals surface area (Å²) in [7, 11) is 0. The SMILES string of the molecule is C=CCN(CC=C)C(=[Se])NC1CCCCC1. The zero-order valence-electron chi connectivity index (χ0n) is 9.95. The van der Waals surface area contributed by atoms with Crippen molar-refractivity contribution in [3.05, 3.63) is 25.3 Å². The molecule has 0 bridgehead atoms. The van der Waals surface area contributed by atoms with Crippen LogP contribution in [0.1, 0.15) is 32.1 Å². The van der Waals surface area contributed by atoms with Crippen LogP contribution in [0.3, 0.4) is 0 Å². The van der Waals surface area contributed by atoms with Gasteiger partial charge in [0.2, 0.25) is 0 Å². The third kappa shape index (κ3) is 4.54. The van der Waals surface area contributed by atoms with Gasteiger partial charge >= 0.3 is 107 Å². The van der Waals surface area contributed by atoms with Crippen LogP contribution in [0.15, 0.2) is 25.3 Å². The van der Waals surface area contributed by atoms with E-state index in [0.29, 0.717) is 6.04 Å². The Bertz CT molecular complexity index is 234. The Labute approximate surface area is 107 Å². The molecule has 0 unspecified atom stereocenters. The maximum atomic E-state index is 3.78. The Hall–Kier alpha value is -0.531. The summed E-state index contributed by atoms with van der Waals surface area (Å²) in [5.74, 6) is 0. The monoisotopic (exact) mass is 286 g/mol.